The highest BCUT2D eigenvalue weighted by atomic mass is 16.6. The molecular weight excluding hydrogens is 382 g/mol. The molecule has 2 unspecified atom stereocenters. The number of carbonyl (C=O) groups excluding carboxylic acids is 1. The predicted molar refractivity (Wildman–Crippen MR) is 119 cm³/mol. The van der Waals surface area contributed by atoms with Crippen LogP contribution in [-0.2, 0) is 15.9 Å². The van der Waals surface area contributed by atoms with E-state index < -0.39 is 11.3 Å². The first kappa shape index (κ1) is 23.9. The van der Waals surface area contributed by atoms with Crippen molar-refractivity contribution in [1.82, 2.24) is 20.5 Å². The van der Waals surface area contributed by atoms with E-state index in [0.29, 0.717) is 12.5 Å². The molecule has 2 heterocycles. The molecule has 0 radical (unpaired) electrons. The Kier molecular flexibility index (Phi) is 7.69. The highest BCUT2D eigenvalue weighted by Gasteiger charge is 2.49. The van der Waals surface area contributed by atoms with Crippen LogP contribution in [0.4, 0.5) is 4.79 Å². The molecule has 30 heavy (non-hydrogen) atoms. The fraction of sp³-hybridized carbons (Fsp3) is 0.682. The van der Waals surface area contributed by atoms with Gasteiger partial charge in [-0.15, -0.1) is 0 Å². The molecule has 8 heteroatoms. The number of hydrogen-bond donors (Lipinski definition) is 2. The quantitative estimate of drug-likeness (QED) is 0.564. The Hall–Kier alpha value is -2.35. The fourth-order valence-corrected chi connectivity index (χ4v) is 3.64. The minimum absolute atomic E-state index is 0.141. The lowest BCUT2D eigenvalue weighted by Crippen LogP contribution is -2.54. The van der Waals surface area contributed by atoms with E-state index in [0.717, 1.165) is 13.0 Å². The van der Waals surface area contributed by atoms with E-state index >= 15 is 0 Å². The summed E-state index contributed by atoms with van der Waals surface area (Å²) in [5.41, 5.74) is 1.11. The third kappa shape index (κ3) is 6.32. The topological polar surface area (TPSA) is 88.1 Å². The van der Waals surface area contributed by atoms with E-state index in [2.05, 4.69) is 27.5 Å². The largest absolute Gasteiger partial charge is 0.444 e. The molecule has 1 amide bonds. The molecule has 2 atom stereocenters. The van der Waals surface area contributed by atoms with E-state index in [1.165, 1.54) is 11.1 Å². The van der Waals surface area contributed by atoms with Crippen LogP contribution >= 0.6 is 0 Å². The van der Waals surface area contributed by atoms with Gasteiger partial charge in [0.2, 0.25) is 0 Å². The third-order valence-corrected chi connectivity index (χ3v) is 5.04. The smallest absolute Gasteiger partial charge is 0.412 e. The summed E-state index contributed by atoms with van der Waals surface area (Å²) in [4.78, 5) is 23.0. The van der Waals surface area contributed by atoms with Gasteiger partial charge in [-0.1, -0.05) is 0 Å². The zero-order valence-electron chi connectivity index (χ0n) is 19.6. The van der Waals surface area contributed by atoms with Gasteiger partial charge in [0.25, 0.3) is 0 Å². The van der Waals surface area contributed by atoms with Gasteiger partial charge in [-0.3, -0.25) is 14.9 Å². The second kappa shape index (κ2) is 9.64. The van der Waals surface area contributed by atoms with Crippen LogP contribution < -0.4 is 10.6 Å². The molecule has 0 spiro atoms. The van der Waals surface area contributed by atoms with Crippen molar-refractivity contribution >= 4 is 12.1 Å². The molecule has 1 fully saturated rings. The summed E-state index contributed by atoms with van der Waals surface area (Å²) in [5, 5.41) is 6.66. The number of hydrogen-bond acceptors (Lipinski definition) is 5. The van der Waals surface area contributed by atoms with E-state index in [4.69, 9.17) is 9.47 Å². The number of nitrogens with one attached hydrogen (secondary N) is 2. The second-order valence-corrected chi connectivity index (χ2v) is 9.12. The number of carbonyl (C=O) groups is 1. The zero-order chi connectivity index (χ0) is 22.5. The number of nitrogens with zero attached hydrogens (tertiary/aromatic N) is 3. The monoisotopic (exact) mass is 419 g/mol. The van der Waals surface area contributed by atoms with Gasteiger partial charge in [-0.25, -0.2) is 4.79 Å². The highest BCUT2D eigenvalue weighted by molar-refractivity contribution is 5.79. The molecule has 2 rings (SSSR count). The van der Waals surface area contributed by atoms with Crippen molar-refractivity contribution in [1.29, 1.82) is 0 Å². The van der Waals surface area contributed by atoms with E-state index in [1.807, 2.05) is 60.0 Å². The number of amides is 1. The molecular formula is C22H37N5O3. The highest BCUT2D eigenvalue weighted by Crippen LogP contribution is 2.33. The Balaban J connectivity index is 1.96. The summed E-state index contributed by atoms with van der Waals surface area (Å²) in [5.74, 6) is 0.683. The van der Waals surface area contributed by atoms with Gasteiger partial charge in [0.05, 0.1) is 12.1 Å². The molecule has 168 valence electrons. The average molecular weight is 420 g/mol. The standard InChI is InChI=1S/C22H37N5O3/c1-15-13-24-11-9-17(15)10-12-25-19(23-8)26-14-18-16(2)29-22(6,7)27(18)20(28)30-21(3,4)5/h9,11,13,16,18H,10,12,14H2,1-8H3,(H2,23,25,26). The number of ether oxygens (including phenoxy) is 2. The summed E-state index contributed by atoms with van der Waals surface area (Å²) in [6.45, 7) is 14.6. The lowest BCUT2D eigenvalue weighted by Gasteiger charge is -2.35. The second-order valence-electron chi connectivity index (χ2n) is 9.12. The molecule has 1 aliphatic heterocycles. The fourth-order valence-electron chi connectivity index (χ4n) is 3.64. The van der Waals surface area contributed by atoms with Gasteiger partial charge < -0.3 is 20.1 Å². The minimum atomic E-state index is -0.746. The minimum Gasteiger partial charge on any atom is -0.444 e. The first-order chi connectivity index (χ1) is 13.9. The maximum absolute atomic E-state index is 12.9. The molecule has 1 aliphatic rings. The molecule has 8 nitrogen and oxygen atoms in total. The van der Waals surface area contributed by atoms with Gasteiger partial charge in [0.1, 0.15) is 11.3 Å². The van der Waals surface area contributed by atoms with Crippen molar-refractivity contribution in [3.8, 4) is 0 Å². The Morgan fingerprint density at radius 2 is 2.07 bits per heavy atom. The van der Waals surface area contributed by atoms with Crippen molar-refractivity contribution < 1.29 is 14.3 Å². The van der Waals surface area contributed by atoms with Crippen LogP contribution in [0.25, 0.3) is 0 Å². The number of aromatic nitrogens is 1. The first-order valence-corrected chi connectivity index (χ1v) is 10.5. The molecule has 0 aliphatic carbocycles. The van der Waals surface area contributed by atoms with Crippen LogP contribution in [0, 0.1) is 6.92 Å². The maximum Gasteiger partial charge on any atom is 0.412 e. The molecule has 0 saturated carbocycles. The summed E-state index contributed by atoms with van der Waals surface area (Å²) < 4.78 is 11.7. The van der Waals surface area contributed by atoms with Gasteiger partial charge in [-0.2, -0.15) is 0 Å². The summed E-state index contributed by atoms with van der Waals surface area (Å²) in [7, 11) is 1.73. The SMILES string of the molecule is CN=C(NCCc1ccncc1C)NCC1C(C)OC(C)(C)N1C(=O)OC(C)(C)C. The molecule has 0 bridgehead atoms. The van der Waals surface area contributed by atoms with Gasteiger partial charge >= 0.3 is 6.09 Å². The van der Waals surface area contributed by atoms with E-state index in [9.17, 15) is 4.79 Å². The summed E-state index contributed by atoms with van der Waals surface area (Å²) >= 11 is 0. The van der Waals surface area contributed by atoms with Gasteiger partial charge in [-0.05, 0) is 72.1 Å². The third-order valence-electron chi connectivity index (χ3n) is 5.04. The lowest BCUT2D eigenvalue weighted by molar-refractivity contribution is -0.0755. The molecule has 2 N–H and O–H groups in total. The number of aliphatic imine (C=N–C) groups is 1. The lowest BCUT2D eigenvalue weighted by atomic mass is 10.1. The molecule has 1 saturated heterocycles. The van der Waals surface area contributed by atoms with Crippen LogP contribution in [0.5, 0.6) is 0 Å². The van der Waals surface area contributed by atoms with Crippen LogP contribution in [-0.4, -0.2) is 65.5 Å². The van der Waals surface area contributed by atoms with Crippen molar-refractivity contribution in [2.75, 3.05) is 20.1 Å². The van der Waals surface area contributed by atoms with Crippen molar-refractivity contribution in [3.05, 3.63) is 29.6 Å². The van der Waals surface area contributed by atoms with Gasteiger partial charge in [0, 0.05) is 32.5 Å². The Morgan fingerprint density at radius 1 is 1.37 bits per heavy atom. The van der Waals surface area contributed by atoms with Crippen LogP contribution in [0.1, 0.15) is 52.7 Å². The first-order valence-electron chi connectivity index (χ1n) is 10.5. The van der Waals surface area contributed by atoms with Gasteiger partial charge in [0.15, 0.2) is 5.96 Å². The average Bonchev–Trinajstić information content (AvgIpc) is 2.86. The molecule has 0 aromatic carbocycles. The summed E-state index contributed by atoms with van der Waals surface area (Å²) in [6, 6.07) is 1.85. The van der Waals surface area contributed by atoms with Crippen molar-refractivity contribution in [3.63, 3.8) is 0 Å². The number of rotatable bonds is 5. The summed E-state index contributed by atoms with van der Waals surface area (Å²) in [6.07, 6.45) is 4.04. The van der Waals surface area contributed by atoms with E-state index in [1.54, 1.807) is 11.9 Å². The van der Waals surface area contributed by atoms with Crippen LogP contribution in [0.2, 0.25) is 0 Å². The normalized spacial score (nSPS) is 21.5. The Labute approximate surface area is 180 Å². The molecule has 1 aromatic rings. The molecule has 1 aromatic heterocycles. The predicted octanol–water partition coefficient (Wildman–Crippen LogP) is 2.86. The number of guanidine groups is 1. The maximum atomic E-state index is 12.9. The zero-order valence-corrected chi connectivity index (χ0v) is 19.6. The van der Waals surface area contributed by atoms with Crippen LogP contribution in [0.15, 0.2) is 23.5 Å². The number of pyridine rings is 1. The number of aryl methyl sites for hydroxylation is 1. The Bertz CT molecular complexity index is 757. The van der Waals surface area contributed by atoms with Crippen molar-refractivity contribution in [2.24, 2.45) is 4.99 Å². The van der Waals surface area contributed by atoms with Crippen molar-refractivity contribution in [2.45, 2.75) is 78.4 Å². The van der Waals surface area contributed by atoms with Crippen LogP contribution in [0.3, 0.4) is 0 Å². The van der Waals surface area contributed by atoms with E-state index in [-0.39, 0.29) is 18.2 Å². The Morgan fingerprint density at radius 3 is 2.67 bits per heavy atom.